The van der Waals surface area contributed by atoms with Crippen molar-refractivity contribution in [1.29, 1.82) is 0 Å². The standard InChI is InChI=1S/C26H34N2O/c1-18-9-11-19(12-10-18)13-20-7-5-6-8-25(20)26(29)28(4)24-16-21-14-23(27(2)3)15-22(21)17-24/h5-12,21-24H,13-17H2,1-4H3/t21-,22+,23?,24?. The number of carbonyl (C=O) groups is 1. The lowest BCUT2D eigenvalue weighted by Gasteiger charge is -2.28. The van der Waals surface area contributed by atoms with Crippen LogP contribution in [0.1, 0.15) is 52.7 Å². The highest BCUT2D eigenvalue weighted by Crippen LogP contribution is 2.46. The van der Waals surface area contributed by atoms with E-state index >= 15 is 0 Å². The van der Waals surface area contributed by atoms with Gasteiger partial charge in [0.2, 0.25) is 0 Å². The lowest BCUT2D eigenvalue weighted by atomic mass is 9.97. The van der Waals surface area contributed by atoms with Crippen LogP contribution in [-0.4, -0.2) is 48.9 Å². The van der Waals surface area contributed by atoms with E-state index in [4.69, 9.17) is 0 Å². The smallest absolute Gasteiger partial charge is 0.254 e. The Bertz CT molecular complexity index is 843. The number of hydrogen-bond acceptors (Lipinski definition) is 2. The molecule has 0 radical (unpaired) electrons. The molecule has 0 N–H and O–H groups in total. The third kappa shape index (κ3) is 4.25. The van der Waals surface area contributed by atoms with Crippen molar-refractivity contribution in [2.45, 2.75) is 51.1 Å². The van der Waals surface area contributed by atoms with Gasteiger partial charge in [0.05, 0.1) is 0 Å². The maximum atomic E-state index is 13.4. The summed E-state index contributed by atoms with van der Waals surface area (Å²) in [6, 6.07) is 17.9. The average molecular weight is 391 g/mol. The Morgan fingerprint density at radius 2 is 1.45 bits per heavy atom. The summed E-state index contributed by atoms with van der Waals surface area (Å²) < 4.78 is 0. The first kappa shape index (κ1) is 20.2. The van der Waals surface area contributed by atoms with E-state index in [1.54, 1.807) is 0 Å². The number of nitrogens with zero attached hydrogens (tertiary/aromatic N) is 2. The van der Waals surface area contributed by atoms with Crippen molar-refractivity contribution in [2.24, 2.45) is 11.8 Å². The van der Waals surface area contributed by atoms with Gasteiger partial charge >= 0.3 is 0 Å². The predicted octanol–water partition coefficient (Wildman–Crippen LogP) is 4.78. The van der Waals surface area contributed by atoms with Crippen molar-refractivity contribution < 1.29 is 4.79 Å². The molecule has 2 fully saturated rings. The molecular formula is C26H34N2O. The van der Waals surface area contributed by atoms with Gasteiger partial charge in [-0.3, -0.25) is 4.79 Å². The molecule has 4 rings (SSSR count). The van der Waals surface area contributed by atoms with E-state index in [-0.39, 0.29) is 5.91 Å². The zero-order chi connectivity index (χ0) is 20.5. The normalized spacial score (nSPS) is 26.0. The fourth-order valence-electron chi connectivity index (χ4n) is 5.46. The van der Waals surface area contributed by atoms with Gasteiger partial charge in [-0.25, -0.2) is 0 Å². The maximum Gasteiger partial charge on any atom is 0.254 e. The van der Waals surface area contributed by atoms with Gasteiger partial charge in [0, 0.05) is 24.7 Å². The highest BCUT2D eigenvalue weighted by Gasteiger charge is 2.44. The van der Waals surface area contributed by atoms with E-state index in [0.29, 0.717) is 6.04 Å². The van der Waals surface area contributed by atoms with Crippen molar-refractivity contribution in [3.63, 3.8) is 0 Å². The van der Waals surface area contributed by atoms with Gasteiger partial charge in [0.15, 0.2) is 0 Å². The van der Waals surface area contributed by atoms with Crippen LogP contribution in [0.15, 0.2) is 48.5 Å². The van der Waals surface area contributed by atoms with Gasteiger partial charge in [-0.2, -0.15) is 0 Å². The Morgan fingerprint density at radius 1 is 0.862 bits per heavy atom. The van der Waals surface area contributed by atoms with Crippen LogP contribution < -0.4 is 0 Å². The molecule has 3 nitrogen and oxygen atoms in total. The molecule has 154 valence electrons. The summed E-state index contributed by atoms with van der Waals surface area (Å²) in [6.07, 6.45) is 5.71. The Labute approximate surface area is 175 Å². The first-order chi connectivity index (χ1) is 13.9. The van der Waals surface area contributed by atoms with Crippen molar-refractivity contribution >= 4 is 5.91 Å². The van der Waals surface area contributed by atoms with Crippen molar-refractivity contribution in [2.75, 3.05) is 21.1 Å². The van der Waals surface area contributed by atoms with Crippen LogP contribution in [-0.2, 0) is 6.42 Å². The fraction of sp³-hybridized carbons (Fsp3) is 0.500. The predicted molar refractivity (Wildman–Crippen MR) is 119 cm³/mol. The van der Waals surface area contributed by atoms with Crippen LogP contribution in [0.5, 0.6) is 0 Å². The van der Waals surface area contributed by atoms with Crippen molar-refractivity contribution in [3.8, 4) is 0 Å². The molecule has 0 bridgehead atoms. The highest BCUT2D eigenvalue weighted by molar-refractivity contribution is 5.95. The minimum atomic E-state index is 0.182. The largest absolute Gasteiger partial charge is 0.339 e. The minimum Gasteiger partial charge on any atom is -0.339 e. The van der Waals surface area contributed by atoms with Gasteiger partial charge in [-0.1, -0.05) is 48.0 Å². The number of fused-ring (bicyclic) bond motifs is 1. The molecule has 2 saturated carbocycles. The van der Waals surface area contributed by atoms with Crippen LogP contribution in [0, 0.1) is 18.8 Å². The van der Waals surface area contributed by atoms with Crippen molar-refractivity contribution in [1.82, 2.24) is 9.80 Å². The Balaban J connectivity index is 1.45. The van der Waals surface area contributed by atoms with Crippen LogP contribution in [0.4, 0.5) is 0 Å². The molecule has 2 unspecified atom stereocenters. The monoisotopic (exact) mass is 390 g/mol. The Hall–Kier alpha value is -2.13. The molecule has 0 saturated heterocycles. The molecule has 2 aromatic rings. The number of hydrogen-bond donors (Lipinski definition) is 0. The van der Waals surface area contributed by atoms with E-state index in [1.807, 2.05) is 30.1 Å². The topological polar surface area (TPSA) is 23.6 Å². The van der Waals surface area contributed by atoms with E-state index < -0.39 is 0 Å². The van der Waals surface area contributed by atoms with Crippen LogP contribution >= 0.6 is 0 Å². The van der Waals surface area contributed by atoms with Crippen LogP contribution in [0.3, 0.4) is 0 Å². The third-order valence-corrected chi connectivity index (χ3v) is 7.33. The van der Waals surface area contributed by atoms with E-state index in [2.05, 4.69) is 56.3 Å². The molecule has 0 aromatic heterocycles. The van der Waals surface area contributed by atoms with E-state index in [0.717, 1.165) is 48.3 Å². The summed E-state index contributed by atoms with van der Waals surface area (Å²) in [7, 11) is 6.41. The first-order valence-corrected chi connectivity index (χ1v) is 11.0. The molecule has 0 spiro atoms. The van der Waals surface area contributed by atoms with Gasteiger partial charge in [0.25, 0.3) is 5.91 Å². The van der Waals surface area contributed by atoms with E-state index in [1.165, 1.54) is 24.0 Å². The molecule has 2 aliphatic rings. The second-order valence-electron chi connectivity index (χ2n) is 9.47. The van der Waals surface area contributed by atoms with Gasteiger partial charge in [-0.15, -0.1) is 0 Å². The molecule has 2 aromatic carbocycles. The molecule has 3 heteroatoms. The van der Waals surface area contributed by atoms with Crippen molar-refractivity contribution in [3.05, 3.63) is 70.8 Å². The molecule has 1 amide bonds. The summed E-state index contributed by atoms with van der Waals surface area (Å²) in [6.45, 7) is 2.11. The lowest BCUT2D eigenvalue weighted by Crippen LogP contribution is -2.37. The SMILES string of the molecule is Cc1ccc(Cc2ccccc2C(=O)N(C)C2C[C@H]3CC(N(C)C)C[C@H]3C2)cc1. The summed E-state index contributed by atoms with van der Waals surface area (Å²) in [5.74, 6) is 1.75. The number of aryl methyl sites for hydroxylation is 1. The lowest BCUT2D eigenvalue weighted by molar-refractivity contribution is 0.0725. The number of benzene rings is 2. The summed E-state index contributed by atoms with van der Waals surface area (Å²) in [4.78, 5) is 17.8. The third-order valence-electron chi connectivity index (χ3n) is 7.33. The number of amides is 1. The average Bonchev–Trinajstić information content (AvgIpc) is 3.28. The maximum absolute atomic E-state index is 13.4. The molecule has 4 atom stereocenters. The highest BCUT2D eigenvalue weighted by atomic mass is 16.2. The Kier molecular flexibility index (Phi) is 5.78. The Morgan fingerprint density at radius 3 is 2.07 bits per heavy atom. The van der Waals surface area contributed by atoms with Gasteiger partial charge < -0.3 is 9.80 Å². The molecule has 0 heterocycles. The zero-order valence-corrected chi connectivity index (χ0v) is 18.3. The fourth-order valence-corrected chi connectivity index (χ4v) is 5.46. The first-order valence-electron chi connectivity index (χ1n) is 11.0. The number of rotatable bonds is 5. The second kappa shape index (κ2) is 8.31. The summed E-state index contributed by atoms with van der Waals surface area (Å²) >= 11 is 0. The van der Waals surface area contributed by atoms with Gasteiger partial charge in [0.1, 0.15) is 0 Å². The second-order valence-corrected chi connectivity index (χ2v) is 9.47. The van der Waals surface area contributed by atoms with E-state index in [9.17, 15) is 4.79 Å². The molecule has 2 aliphatic carbocycles. The zero-order valence-electron chi connectivity index (χ0n) is 18.3. The minimum absolute atomic E-state index is 0.182. The molecular weight excluding hydrogens is 356 g/mol. The van der Waals surface area contributed by atoms with Gasteiger partial charge in [-0.05, 0) is 82.2 Å². The van der Waals surface area contributed by atoms with Crippen LogP contribution in [0.2, 0.25) is 0 Å². The quantitative estimate of drug-likeness (QED) is 0.734. The number of carbonyl (C=O) groups excluding carboxylic acids is 1. The molecule has 29 heavy (non-hydrogen) atoms. The summed E-state index contributed by atoms with van der Waals surface area (Å²) in [5.41, 5.74) is 4.50. The summed E-state index contributed by atoms with van der Waals surface area (Å²) in [5, 5.41) is 0. The molecule has 0 aliphatic heterocycles. The van der Waals surface area contributed by atoms with Crippen LogP contribution in [0.25, 0.3) is 0 Å².